The Hall–Kier alpha value is -8.80. The Labute approximate surface area is 463 Å². The summed E-state index contributed by atoms with van der Waals surface area (Å²) in [6.07, 6.45) is 0. The second-order valence-corrected chi connectivity index (χ2v) is 25.4. The Bertz CT molecular complexity index is 4390. The second-order valence-electron chi connectivity index (χ2n) is 25.4. The lowest BCUT2D eigenvalue weighted by atomic mass is 9.33. The van der Waals surface area contributed by atoms with Crippen LogP contribution in [-0.4, -0.2) is 15.8 Å². The molecule has 15 rings (SSSR count). The van der Waals surface area contributed by atoms with E-state index in [0.29, 0.717) is 0 Å². The van der Waals surface area contributed by atoms with Crippen molar-refractivity contribution >= 4 is 122 Å². The topological polar surface area (TPSA) is 16.3 Å². The van der Waals surface area contributed by atoms with Crippen LogP contribution in [0, 0.1) is 0 Å². The number of nitrogens with zero attached hydrogens (tertiary/aromatic N) is 4. The van der Waals surface area contributed by atoms with Crippen molar-refractivity contribution in [3.05, 3.63) is 235 Å². The average molecular weight is 1020 g/mol. The molecule has 0 aliphatic carbocycles. The summed E-state index contributed by atoms with van der Waals surface area (Å²) in [5.74, 6) is 0. The fourth-order valence-corrected chi connectivity index (χ4v) is 13.5. The minimum absolute atomic E-state index is 0.00497. The molecule has 0 amide bonds. The van der Waals surface area contributed by atoms with E-state index in [-0.39, 0.29) is 23.0 Å². The first-order chi connectivity index (χ1) is 38.1. The first-order valence-electron chi connectivity index (χ1n) is 28.2. The maximum Gasteiger partial charge on any atom is 0.252 e. The van der Waals surface area contributed by atoms with Crippen molar-refractivity contribution in [2.24, 2.45) is 0 Å². The third-order valence-electron chi connectivity index (χ3n) is 17.5. The van der Waals surface area contributed by atoms with Gasteiger partial charge in [-0.2, -0.15) is 0 Å². The van der Waals surface area contributed by atoms with Crippen LogP contribution >= 0.6 is 0 Å². The summed E-state index contributed by atoms with van der Waals surface area (Å²) in [4.78, 5) is 5.14. The van der Waals surface area contributed by atoms with Crippen LogP contribution in [0.15, 0.2) is 218 Å². The number of hydrogen-bond donors (Lipinski definition) is 0. The van der Waals surface area contributed by atoms with Crippen molar-refractivity contribution in [3.63, 3.8) is 0 Å². The molecule has 0 saturated carbocycles. The maximum atomic E-state index is 2.57. The SMILES string of the molecule is CC(C)(C)c1cc2c3c(c1)N(c1ccccc1)c1cc(-n4c5ccc(C(C)(C)C)cc5c5c6ccccc6ccc54)ccc1B3c1ccc(-n3c4ccc(C(C)(C)C)cc4c4c5ccccc5ccc43)cc1N2c1ccccc1. The van der Waals surface area contributed by atoms with Gasteiger partial charge in [-0.3, -0.25) is 0 Å². The summed E-state index contributed by atoms with van der Waals surface area (Å²) in [5.41, 5.74) is 21.9. The van der Waals surface area contributed by atoms with Crippen LogP contribution in [0.25, 0.3) is 76.5 Å². The Kier molecular flexibility index (Phi) is 10.1. The number of aromatic nitrogens is 2. The molecule has 0 saturated heterocycles. The fraction of sp³-hybridized carbons (Fsp3) is 0.162. The predicted molar refractivity (Wildman–Crippen MR) is 340 cm³/mol. The molecule has 2 aromatic heterocycles. The molecule has 0 bridgehead atoms. The highest BCUT2D eigenvalue weighted by atomic mass is 15.2. The van der Waals surface area contributed by atoms with Crippen LogP contribution in [0.5, 0.6) is 0 Å². The van der Waals surface area contributed by atoms with Gasteiger partial charge in [0.05, 0.1) is 22.1 Å². The second kappa shape index (κ2) is 16.9. The number of hydrogen-bond acceptors (Lipinski definition) is 2. The molecule has 4 heterocycles. The molecule has 11 aromatic carbocycles. The molecule has 2 aliphatic heterocycles. The molecule has 382 valence electrons. The normalized spacial score (nSPS) is 13.6. The first kappa shape index (κ1) is 47.4. The molecular weight excluding hydrogens is 956 g/mol. The van der Waals surface area contributed by atoms with E-state index in [1.165, 1.54) is 121 Å². The van der Waals surface area contributed by atoms with Gasteiger partial charge < -0.3 is 18.9 Å². The van der Waals surface area contributed by atoms with Crippen molar-refractivity contribution in [1.29, 1.82) is 0 Å². The fourth-order valence-electron chi connectivity index (χ4n) is 13.5. The zero-order valence-electron chi connectivity index (χ0n) is 46.7. The van der Waals surface area contributed by atoms with Crippen molar-refractivity contribution in [3.8, 4) is 11.4 Å². The van der Waals surface area contributed by atoms with Crippen molar-refractivity contribution in [2.75, 3.05) is 9.80 Å². The zero-order chi connectivity index (χ0) is 53.9. The first-order valence-corrected chi connectivity index (χ1v) is 28.2. The highest BCUT2D eigenvalue weighted by molar-refractivity contribution is 7.00. The quantitative estimate of drug-likeness (QED) is 0.163. The predicted octanol–water partition coefficient (Wildman–Crippen LogP) is 18.2. The van der Waals surface area contributed by atoms with Gasteiger partial charge in [0.1, 0.15) is 0 Å². The van der Waals surface area contributed by atoms with E-state index < -0.39 is 0 Å². The van der Waals surface area contributed by atoms with E-state index >= 15 is 0 Å². The Morgan fingerprint density at radius 3 is 1.10 bits per heavy atom. The third kappa shape index (κ3) is 7.14. The van der Waals surface area contributed by atoms with Crippen LogP contribution in [0.4, 0.5) is 34.1 Å². The molecule has 0 unspecified atom stereocenters. The number of para-hydroxylation sites is 2. The average Bonchev–Trinajstić information content (AvgIpc) is 2.98. The van der Waals surface area contributed by atoms with Gasteiger partial charge in [0.15, 0.2) is 0 Å². The Morgan fingerprint density at radius 2 is 0.684 bits per heavy atom. The monoisotopic (exact) mass is 1020 g/mol. The molecular formula is C74H63BN4. The molecule has 5 heteroatoms. The standard InChI is InChI=1S/C74H63BN4/c1-72(2,3)48-30-38-61-57(40-48)69-55-26-18-16-20-46(55)28-36-63(69)78(61)53-32-34-59-65(44-53)76(51-22-12-10-13-23-51)67-42-50(74(7,8)9)43-68-71(67)75(59)60-35-33-54(45-66(60)77(68)52-24-14-11-15-25-52)79-62-39-31-49(73(4,5)6)41-58(62)70-56-27-19-17-21-47(56)29-37-64(70)79/h10-45H,1-9H3. The Balaban J connectivity index is 1.03. The van der Waals surface area contributed by atoms with E-state index in [9.17, 15) is 0 Å². The van der Waals surface area contributed by atoms with Gasteiger partial charge in [0.25, 0.3) is 6.71 Å². The number of fused-ring (bicyclic) bond motifs is 14. The smallest absolute Gasteiger partial charge is 0.252 e. The van der Waals surface area contributed by atoms with E-state index in [4.69, 9.17) is 0 Å². The summed E-state index contributed by atoms with van der Waals surface area (Å²) in [6.45, 7) is 20.9. The molecule has 4 nitrogen and oxygen atoms in total. The van der Waals surface area contributed by atoms with Crippen LogP contribution in [0.2, 0.25) is 0 Å². The van der Waals surface area contributed by atoms with Gasteiger partial charge in [-0.15, -0.1) is 0 Å². The minimum atomic E-state index is -0.161. The van der Waals surface area contributed by atoms with E-state index in [1.54, 1.807) is 0 Å². The zero-order valence-corrected chi connectivity index (χ0v) is 46.7. The molecule has 79 heavy (non-hydrogen) atoms. The van der Waals surface area contributed by atoms with Gasteiger partial charge in [-0.05, 0) is 168 Å². The summed E-state index contributed by atoms with van der Waals surface area (Å²) in [5, 5.41) is 10.2. The van der Waals surface area contributed by atoms with Gasteiger partial charge in [0, 0.05) is 67.0 Å². The molecule has 0 N–H and O–H groups in total. The lowest BCUT2D eigenvalue weighted by Crippen LogP contribution is -2.61. The molecule has 0 atom stereocenters. The van der Waals surface area contributed by atoms with Crippen molar-refractivity contribution < 1.29 is 0 Å². The lowest BCUT2D eigenvalue weighted by molar-refractivity contribution is 0.590. The third-order valence-corrected chi connectivity index (χ3v) is 17.5. The van der Waals surface area contributed by atoms with Gasteiger partial charge in [-0.25, -0.2) is 0 Å². The van der Waals surface area contributed by atoms with Gasteiger partial charge in [-0.1, -0.05) is 184 Å². The highest BCUT2D eigenvalue weighted by Crippen LogP contribution is 2.49. The van der Waals surface area contributed by atoms with Crippen LogP contribution in [0.1, 0.15) is 79.0 Å². The van der Waals surface area contributed by atoms with Crippen LogP contribution in [0.3, 0.4) is 0 Å². The number of rotatable bonds is 4. The Morgan fingerprint density at radius 1 is 0.291 bits per heavy atom. The van der Waals surface area contributed by atoms with Crippen molar-refractivity contribution in [1.82, 2.24) is 9.13 Å². The number of anilines is 6. The van der Waals surface area contributed by atoms with E-state index in [1.807, 2.05) is 0 Å². The molecule has 0 fully saturated rings. The van der Waals surface area contributed by atoms with E-state index in [2.05, 4.69) is 300 Å². The highest BCUT2D eigenvalue weighted by Gasteiger charge is 2.44. The summed E-state index contributed by atoms with van der Waals surface area (Å²) < 4.78 is 5.05. The minimum Gasteiger partial charge on any atom is -0.311 e. The lowest BCUT2D eigenvalue weighted by Gasteiger charge is -2.45. The van der Waals surface area contributed by atoms with E-state index in [0.717, 1.165) is 22.7 Å². The summed E-state index contributed by atoms with van der Waals surface area (Å²) in [7, 11) is 0. The van der Waals surface area contributed by atoms with Crippen LogP contribution < -0.4 is 26.2 Å². The molecule has 13 aromatic rings. The van der Waals surface area contributed by atoms with Crippen molar-refractivity contribution in [2.45, 2.75) is 78.6 Å². The summed E-state index contributed by atoms with van der Waals surface area (Å²) >= 11 is 0. The molecule has 0 spiro atoms. The molecule has 2 aliphatic rings. The molecule has 0 radical (unpaired) electrons. The van der Waals surface area contributed by atoms with Gasteiger partial charge in [0.2, 0.25) is 0 Å². The largest absolute Gasteiger partial charge is 0.311 e. The van der Waals surface area contributed by atoms with Crippen LogP contribution in [-0.2, 0) is 16.2 Å². The maximum absolute atomic E-state index is 2.57. The summed E-state index contributed by atoms with van der Waals surface area (Å²) in [6, 6.07) is 83.2. The van der Waals surface area contributed by atoms with Gasteiger partial charge >= 0.3 is 0 Å². The number of benzene rings is 11.